The van der Waals surface area contributed by atoms with Crippen LogP contribution in [0, 0.1) is 0 Å². The Kier molecular flexibility index (Phi) is 14.8. The smallest absolute Gasteiger partial charge is 0.408 e. The second kappa shape index (κ2) is 16.3. The molecule has 0 bridgehead atoms. The van der Waals surface area contributed by atoms with E-state index in [4.69, 9.17) is 15.9 Å². The van der Waals surface area contributed by atoms with Gasteiger partial charge in [0.1, 0.15) is 6.54 Å². The summed E-state index contributed by atoms with van der Waals surface area (Å²) in [6.45, 7) is -0.784. The highest BCUT2D eigenvalue weighted by Crippen LogP contribution is 2.18. The van der Waals surface area contributed by atoms with E-state index in [1.807, 2.05) is 0 Å². The largest absolute Gasteiger partial charge is 0.478 e. The summed E-state index contributed by atoms with van der Waals surface area (Å²) in [4.78, 5) is 30.4. The molecule has 0 unspecified atom stereocenters. The zero-order valence-electron chi connectivity index (χ0n) is 19.4. The van der Waals surface area contributed by atoms with Crippen molar-refractivity contribution in [1.82, 2.24) is 15.0 Å². The first-order valence-corrected chi connectivity index (χ1v) is 12.8. The van der Waals surface area contributed by atoms with Gasteiger partial charge < -0.3 is 26.6 Å². The first-order valence-electron chi connectivity index (χ1n) is 10.0. The summed E-state index contributed by atoms with van der Waals surface area (Å²) in [6.07, 6.45) is 0.987. The van der Waals surface area contributed by atoms with E-state index in [0.717, 1.165) is 31.2 Å². The second-order valence-electron chi connectivity index (χ2n) is 6.78. The molecule has 204 valence electrons. The molecular formula is C18H28F3N7O6S2. The number of carboxylic acid groups (broad SMARTS) is 2. The number of nitrogens with zero attached hydrogens (tertiary/aromatic N) is 3. The van der Waals surface area contributed by atoms with Crippen molar-refractivity contribution in [3.05, 3.63) is 23.2 Å². The van der Waals surface area contributed by atoms with Crippen molar-refractivity contribution < 1.29 is 41.4 Å². The molecule has 7 N–H and O–H groups in total. The average Bonchev–Trinajstić information content (AvgIpc) is 3.18. The van der Waals surface area contributed by atoms with Gasteiger partial charge in [-0.2, -0.15) is 13.2 Å². The zero-order valence-corrected chi connectivity index (χ0v) is 21.0. The maximum absolute atomic E-state index is 12.1. The van der Waals surface area contributed by atoms with Gasteiger partial charge in [0.15, 0.2) is 11.1 Å². The van der Waals surface area contributed by atoms with Crippen LogP contribution in [0.2, 0.25) is 0 Å². The summed E-state index contributed by atoms with van der Waals surface area (Å²) in [5, 5.41) is 23.3. The Bertz CT molecular complexity index is 1020. The third kappa shape index (κ3) is 20.0. The summed E-state index contributed by atoms with van der Waals surface area (Å²) < 4.78 is 60.8. The van der Waals surface area contributed by atoms with Gasteiger partial charge in [0.25, 0.3) is 0 Å². The van der Waals surface area contributed by atoms with Gasteiger partial charge in [0.05, 0.1) is 11.9 Å². The van der Waals surface area contributed by atoms with E-state index in [9.17, 15) is 31.2 Å². The molecule has 0 aromatic carbocycles. The fraction of sp³-hybridized carbons (Fsp3) is 0.500. The standard InChI is InChI=1S/C14H24F3N7O2S2.C4H4O4/c1-19-12(24-28(2,25)26)20-7-5-3-4-6-10-8-27-13(22-10)23-11(18)21-9-14(15,16)17;5-3(6)1-2-4(7)8/h8H,3-7,9H2,1-2H3,(H2,19,20,24)(H3,18,21,22,23);1-2H,(H,5,6)(H,7,8). The Hall–Kier alpha value is -3.41. The van der Waals surface area contributed by atoms with Gasteiger partial charge >= 0.3 is 18.1 Å². The number of rotatable bonds is 11. The van der Waals surface area contributed by atoms with Crippen LogP contribution in [0.5, 0.6) is 0 Å². The van der Waals surface area contributed by atoms with Crippen LogP contribution in [-0.4, -0.2) is 80.0 Å². The molecule has 1 heterocycles. The lowest BCUT2D eigenvalue weighted by molar-refractivity contribution is -0.134. The number of sulfonamides is 1. The Labute approximate surface area is 209 Å². The Morgan fingerprint density at radius 3 is 2.31 bits per heavy atom. The van der Waals surface area contributed by atoms with E-state index in [0.29, 0.717) is 30.2 Å². The average molecular weight is 560 g/mol. The summed E-state index contributed by atoms with van der Waals surface area (Å²) in [7, 11) is -1.88. The fourth-order valence-electron chi connectivity index (χ4n) is 2.10. The monoisotopic (exact) mass is 559 g/mol. The molecule has 0 fully saturated rings. The van der Waals surface area contributed by atoms with Crippen LogP contribution in [0.4, 0.5) is 18.3 Å². The maximum Gasteiger partial charge on any atom is 0.408 e. The minimum atomic E-state index is -4.40. The summed E-state index contributed by atoms with van der Waals surface area (Å²) in [5.74, 6) is -2.65. The van der Waals surface area contributed by atoms with E-state index in [-0.39, 0.29) is 11.9 Å². The first kappa shape index (κ1) is 32.6. The lowest BCUT2D eigenvalue weighted by atomic mass is 10.1. The van der Waals surface area contributed by atoms with Gasteiger partial charge in [-0.15, -0.1) is 11.3 Å². The molecule has 0 saturated heterocycles. The van der Waals surface area contributed by atoms with Crippen molar-refractivity contribution in [2.45, 2.75) is 31.9 Å². The van der Waals surface area contributed by atoms with Crippen LogP contribution in [0.25, 0.3) is 0 Å². The molecule has 0 atom stereocenters. The highest BCUT2D eigenvalue weighted by atomic mass is 32.2. The normalized spacial score (nSPS) is 12.6. The number of anilines is 1. The van der Waals surface area contributed by atoms with Crippen LogP contribution in [0.1, 0.15) is 25.0 Å². The topological polar surface area (TPSA) is 208 Å². The zero-order chi connectivity index (χ0) is 27.8. The number of unbranched alkanes of at least 4 members (excludes halogenated alkanes) is 2. The number of carbonyl (C=O) groups is 2. The summed E-state index contributed by atoms with van der Waals surface area (Å²) >= 11 is 1.23. The SMILES string of the molecule is CN=C(NCCCCCc1csc(NC(N)=NCC(F)(F)F)n1)NS(C)(=O)=O.O=C(O)C=CC(=O)O. The lowest BCUT2D eigenvalue weighted by Crippen LogP contribution is -2.40. The number of aryl methyl sites for hydroxylation is 1. The van der Waals surface area contributed by atoms with E-state index in [1.54, 1.807) is 5.38 Å². The molecule has 36 heavy (non-hydrogen) atoms. The molecule has 1 aromatic rings. The van der Waals surface area contributed by atoms with Gasteiger partial charge in [-0.1, -0.05) is 6.42 Å². The van der Waals surface area contributed by atoms with Crippen LogP contribution < -0.4 is 21.1 Å². The van der Waals surface area contributed by atoms with Crippen molar-refractivity contribution in [1.29, 1.82) is 0 Å². The van der Waals surface area contributed by atoms with E-state index in [2.05, 4.69) is 30.3 Å². The predicted molar refractivity (Wildman–Crippen MR) is 130 cm³/mol. The number of hydrogen-bond acceptors (Lipinski definition) is 8. The molecule has 0 aliphatic rings. The number of carboxylic acids is 2. The van der Waals surface area contributed by atoms with Gasteiger partial charge in [0.2, 0.25) is 16.0 Å². The van der Waals surface area contributed by atoms with Crippen molar-refractivity contribution in [2.75, 3.05) is 31.7 Å². The van der Waals surface area contributed by atoms with E-state index in [1.165, 1.54) is 18.4 Å². The van der Waals surface area contributed by atoms with Crippen LogP contribution in [0.15, 0.2) is 27.5 Å². The van der Waals surface area contributed by atoms with Crippen molar-refractivity contribution in [3.8, 4) is 0 Å². The molecule has 0 saturated carbocycles. The van der Waals surface area contributed by atoms with Gasteiger partial charge in [-0.25, -0.2) is 28.0 Å². The number of aliphatic carboxylic acids is 2. The second-order valence-corrected chi connectivity index (χ2v) is 9.39. The van der Waals surface area contributed by atoms with E-state index >= 15 is 0 Å². The molecule has 1 aromatic heterocycles. The number of aliphatic imine (C=N–C) groups is 2. The van der Waals surface area contributed by atoms with Gasteiger partial charge in [-0.3, -0.25) is 9.71 Å². The van der Waals surface area contributed by atoms with Crippen molar-refractivity contribution in [3.63, 3.8) is 0 Å². The van der Waals surface area contributed by atoms with Gasteiger partial charge in [0, 0.05) is 31.1 Å². The van der Waals surface area contributed by atoms with Crippen LogP contribution in [-0.2, 0) is 26.0 Å². The van der Waals surface area contributed by atoms with Crippen LogP contribution >= 0.6 is 11.3 Å². The third-order valence-electron chi connectivity index (χ3n) is 3.49. The number of guanidine groups is 2. The summed E-state index contributed by atoms with van der Waals surface area (Å²) in [5.41, 5.74) is 6.20. The lowest BCUT2D eigenvalue weighted by Gasteiger charge is -2.09. The molecule has 1 rings (SSSR count). The number of nitrogens with two attached hydrogens (primary N) is 1. The van der Waals surface area contributed by atoms with Crippen molar-refractivity contribution in [2.24, 2.45) is 15.7 Å². The quantitative estimate of drug-likeness (QED) is 0.0980. The van der Waals surface area contributed by atoms with E-state index < -0.39 is 34.7 Å². The Morgan fingerprint density at radius 1 is 1.19 bits per heavy atom. The molecule has 13 nitrogen and oxygen atoms in total. The highest BCUT2D eigenvalue weighted by molar-refractivity contribution is 7.89. The maximum atomic E-state index is 12.1. The van der Waals surface area contributed by atoms with Crippen molar-refractivity contribution >= 4 is 50.3 Å². The number of aromatic nitrogens is 1. The first-order chi connectivity index (χ1) is 16.6. The molecule has 0 amide bonds. The molecule has 0 aliphatic heterocycles. The molecule has 0 aliphatic carbocycles. The minimum Gasteiger partial charge on any atom is -0.478 e. The minimum absolute atomic E-state index is 0.197. The number of halogens is 3. The predicted octanol–water partition coefficient (Wildman–Crippen LogP) is 0.981. The van der Waals surface area contributed by atoms with Gasteiger partial charge in [-0.05, 0) is 19.3 Å². The number of thiazole rings is 1. The molecule has 18 heteroatoms. The molecule has 0 radical (unpaired) electrons. The number of alkyl halides is 3. The van der Waals surface area contributed by atoms with Crippen LogP contribution in [0.3, 0.4) is 0 Å². The number of nitrogens with one attached hydrogen (secondary N) is 3. The number of hydrogen-bond donors (Lipinski definition) is 6. The Balaban J connectivity index is 0.00000131. The molecule has 0 spiro atoms. The summed E-state index contributed by atoms with van der Waals surface area (Å²) in [6, 6.07) is 0. The molecular weight excluding hydrogens is 531 g/mol. The Morgan fingerprint density at radius 2 is 1.81 bits per heavy atom. The highest BCUT2D eigenvalue weighted by Gasteiger charge is 2.26. The third-order valence-corrected chi connectivity index (χ3v) is 4.86. The fourth-order valence-corrected chi connectivity index (χ4v) is 3.36.